The third kappa shape index (κ3) is 4.39. The monoisotopic (exact) mass is 449 g/mol. The average Bonchev–Trinajstić information content (AvgIpc) is 2.74. The summed E-state index contributed by atoms with van der Waals surface area (Å²) in [6.45, 7) is 0. The summed E-state index contributed by atoms with van der Waals surface area (Å²) in [5.41, 5.74) is 0.126. The van der Waals surface area contributed by atoms with Gasteiger partial charge in [-0.25, -0.2) is 17.6 Å². The number of benzene rings is 3. The number of esters is 1. The first kappa shape index (κ1) is 21.6. The van der Waals surface area contributed by atoms with Gasteiger partial charge in [0.15, 0.2) is 11.5 Å². The number of carbonyl (C=O) groups is 1. The van der Waals surface area contributed by atoms with E-state index in [1.807, 2.05) is 0 Å². The molecule has 3 aromatic rings. The molecule has 0 unspecified atom stereocenters. The van der Waals surface area contributed by atoms with Crippen LogP contribution in [0.15, 0.2) is 71.6 Å². The van der Waals surface area contributed by atoms with E-state index in [1.165, 1.54) is 44.5 Å². The molecule has 0 aliphatic rings. The van der Waals surface area contributed by atoms with Crippen LogP contribution in [-0.4, -0.2) is 28.5 Å². The molecule has 0 heterocycles. The number of hydrogen-bond donors (Lipinski definition) is 0. The van der Waals surface area contributed by atoms with Crippen molar-refractivity contribution in [3.63, 3.8) is 0 Å². The number of carbonyl (C=O) groups excluding carboxylic acids is 1. The van der Waals surface area contributed by atoms with Crippen molar-refractivity contribution in [1.82, 2.24) is 0 Å². The molecule has 3 aromatic carbocycles. The van der Waals surface area contributed by atoms with Gasteiger partial charge in [-0.2, -0.15) is 0 Å². The lowest BCUT2D eigenvalue weighted by Crippen LogP contribution is -2.27. The summed E-state index contributed by atoms with van der Waals surface area (Å²) in [5, 5.41) is 0.0262. The molecular weight excluding hydrogens is 433 g/mol. The van der Waals surface area contributed by atoms with Crippen molar-refractivity contribution in [2.24, 2.45) is 0 Å². The van der Waals surface area contributed by atoms with Gasteiger partial charge in [0.05, 0.1) is 28.3 Å². The van der Waals surface area contributed by atoms with Gasteiger partial charge in [-0.1, -0.05) is 23.7 Å². The highest BCUT2D eigenvalue weighted by atomic mass is 35.5. The molecule has 0 radical (unpaired) electrons. The Hall–Kier alpha value is -3.10. The highest BCUT2D eigenvalue weighted by molar-refractivity contribution is 7.92. The third-order valence-electron chi connectivity index (χ3n) is 4.28. The van der Waals surface area contributed by atoms with Crippen molar-refractivity contribution in [3.8, 4) is 11.5 Å². The highest BCUT2D eigenvalue weighted by Gasteiger charge is 2.25. The highest BCUT2D eigenvalue weighted by Crippen LogP contribution is 2.30. The molecule has 0 aliphatic carbocycles. The number of halogens is 2. The van der Waals surface area contributed by atoms with E-state index in [2.05, 4.69) is 0 Å². The second-order valence-corrected chi connectivity index (χ2v) is 8.51. The van der Waals surface area contributed by atoms with Crippen LogP contribution in [0.2, 0.25) is 5.02 Å². The van der Waals surface area contributed by atoms with E-state index in [0.29, 0.717) is 5.75 Å². The minimum atomic E-state index is -4.04. The summed E-state index contributed by atoms with van der Waals surface area (Å²) >= 11 is 6.11. The van der Waals surface area contributed by atoms with Gasteiger partial charge < -0.3 is 9.47 Å². The predicted octanol–water partition coefficient (Wildman–Crippen LogP) is 4.53. The molecule has 0 saturated heterocycles. The van der Waals surface area contributed by atoms with E-state index >= 15 is 0 Å². The van der Waals surface area contributed by atoms with Crippen LogP contribution in [0, 0.1) is 5.82 Å². The molecule has 9 heteroatoms. The van der Waals surface area contributed by atoms with Crippen molar-refractivity contribution in [1.29, 1.82) is 0 Å². The number of nitrogens with zero attached hydrogens (tertiary/aromatic N) is 1. The normalized spacial score (nSPS) is 11.1. The van der Waals surface area contributed by atoms with Crippen molar-refractivity contribution >= 4 is 33.3 Å². The zero-order chi connectivity index (χ0) is 21.9. The standard InChI is InChI=1S/C21H17ClFNO5S/c1-24(15-9-7-14(23)8-10-15)30(26,27)16-11-12-18(22)17(13-16)21(25)29-20-6-4-3-5-19(20)28-2/h3-13H,1-2H3. The third-order valence-corrected chi connectivity index (χ3v) is 6.39. The first-order chi connectivity index (χ1) is 14.2. The Balaban J connectivity index is 1.94. The van der Waals surface area contributed by atoms with Crippen LogP contribution in [-0.2, 0) is 10.0 Å². The Bertz CT molecular complexity index is 1180. The fourth-order valence-electron chi connectivity index (χ4n) is 2.63. The smallest absolute Gasteiger partial charge is 0.345 e. The SMILES string of the molecule is COc1ccccc1OC(=O)c1cc(S(=O)(=O)N(C)c2ccc(F)cc2)ccc1Cl. The maximum Gasteiger partial charge on any atom is 0.345 e. The van der Waals surface area contributed by atoms with Gasteiger partial charge in [0.1, 0.15) is 5.82 Å². The van der Waals surface area contributed by atoms with Crippen LogP contribution in [0.5, 0.6) is 11.5 Å². The summed E-state index contributed by atoms with van der Waals surface area (Å²) in [7, 11) is -1.29. The lowest BCUT2D eigenvalue weighted by molar-refractivity contribution is 0.0729. The second kappa shape index (κ2) is 8.73. The molecule has 0 spiro atoms. The molecule has 0 amide bonds. The summed E-state index contributed by atoms with van der Waals surface area (Å²) in [6, 6.07) is 15.2. The molecule has 0 bridgehead atoms. The first-order valence-corrected chi connectivity index (χ1v) is 10.4. The van der Waals surface area contributed by atoms with E-state index in [0.717, 1.165) is 22.5 Å². The minimum absolute atomic E-state index is 0.0262. The fourth-order valence-corrected chi connectivity index (χ4v) is 4.04. The lowest BCUT2D eigenvalue weighted by Gasteiger charge is -2.20. The van der Waals surface area contributed by atoms with Crippen molar-refractivity contribution in [2.45, 2.75) is 4.90 Å². The Kier molecular flexibility index (Phi) is 6.28. The summed E-state index contributed by atoms with van der Waals surface area (Å²) < 4.78 is 50.6. The molecule has 156 valence electrons. The van der Waals surface area contributed by atoms with E-state index < -0.39 is 21.8 Å². The molecule has 0 fully saturated rings. The number of hydrogen-bond acceptors (Lipinski definition) is 5. The summed E-state index contributed by atoms with van der Waals surface area (Å²) in [6.07, 6.45) is 0. The van der Waals surface area contributed by atoms with Crippen LogP contribution in [0.1, 0.15) is 10.4 Å². The van der Waals surface area contributed by atoms with Crippen LogP contribution in [0.4, 0.5) is 10.1 Å². The topological polar surface area (TPSA) is 72.9 Å². The zero-order valence-corrected chi connectivity index (χ0v) is 17.6. The predicted molar refractivity (Wildman–Crippen MR) is 111 cm³/mol. The Morgan fingerprint density at radius 3 is 2.27 bits per heavy atom. The van der Waals surface area contributed by atoms with E-state index in [9.17, 15) is 17.6 Å². The fraction of sp³-hybridized carbons (Fsp3) is 0.0952. The molecular formula is C21H17ClFNO5S. The van der Waals surface area contributed by atoms with Gasteiger partial charge in [0.2, 0.25) is 0 Å². The van der Waals surface area contributed by atoms with Crippen LogP contribution in [0.3, 0.4) is 0 Å². The maximum atomic E-state index is 13.1. The van der Waals surface area contributed by atoms with Crippen molar-refractivity contribution < 1.29 is 27.1 Å². The van der Waals surface area contributed by atoms with Gasteiger partial charge >= 0.3 is 5.97 Å². The molecule has 3 rings (SSSR count). The van der Waals surface area contributed by atoms with Gasteiger partial charge in [-0.15, -0.1) is 0 Å². The van der Waals surface area contributed by atoms with Gasteiger partial charge in [-0.05, 0) is 54.6 Å². The van der Waals surface area contributed by atoms with E-state index in [-0.39, 0.29) is 26.9 Å². The largest absolute Gasteiger partial charge is 0.493 e. The minimum Gasteiger partial charge on any atom is -0.493 e. The molecule has 0 aliphatic heterocycles. The number of anilines is 1. The summed E-state index contributed by atoms with van der Waals surface area (Å²) in [4.78, 5) is 12.5. The maximum absolute atomic E-state index is 13.1. The number of sulfonamides is 1. The van der Waals surface area contributed by atoms with Crippen molar-refractivity contribution in [3.05, 3.63) is 83.1 Å². The van der Waals surface area contributed by atoms with Gasteiger partial charge in [-0.3, -0.25) is 4.31 Å². The molecule has 6 nitrogen and oxygen atoms in total. The molecule has 30 heavy (non-hydrogen) atoms. The number of rotatable bonds is 6. The Labute approximate surface area is 178 Å². The summed E-state index contributed by atoms with van der Waals surface area (Å²) in [5.74, 6) is -0.831. The van der Waals surface area contributed by atoms with Crippen LogP contribution >= 0.6 is 11.6 Å². The average molecular weight is 450 g/mol. The number of para-hydroxylation sites is 2. The van der Waals surface area contributed by atoms with E-state index in [1.54, 1.807) is 18.2 Å². The molecule has 0 saturated carbocycles. The lowest BCUT2D eigenvalue weighted by atomic mass is 10.2. The second-order valence-electron chi connectivity index (χ2n) is 6.13. The number of methoxy groups -OCH3 is 1. The van der Waals surface area contributed by atoms with Crippen molar-refractivity contribution in [2.75, 3.05) is 18.5 Å². The van der Waals surface area contributed by atoms with Gasteiger partial charge in [0.25, 0.3) is 10.0 Å². The first-order valence-electron chi connectivity index (χ1n) is 8.63. The Morgan fingerprint density at radius 2 is 1.63 bits per heavy atom. The molecule has 0 N–H and O–H groups in total. The Morgan fingerprint density at radius 1 is 1.00 bits per heavy atom. The zero-order valence-electron chi connectivity index (χ0n) is 16.0. The van der Waals surface area contributed by atoms with E-state index in [4.69, 9.17) is 21.1 Å². The molecule has 0 aromatic heterocycles. The quantitative estimate of drug-likeness (QED) is 0.408. The molecule has 0 atom stereocenters. The van der Waals surface area contributed by atoms with Crippen LogP contribution < -0.4 is 13.8 Å². The number of ether oxygens (including phenoxy) is 2. The van der Waals surface area contributed by atoms with Gasteiger partial charge in [0, 0.05) is 7.05 Å². The van der Waals surface area contributed by atoms with Crippen LogP contribution in [0.25, 0.3) is 0 Å².